The number of nitrogens with two attached hydrogens (primary N) is 1. The van der Waals surface area contributed by atoms with Crippen molar-refractivity contribution in [2.75, 3.05) is 116 Å². The molecular formula is C72H93N17O6. The summed E-state index contributed by atoms with van der Waals surface area (Å²) in [5.41, 5.74) is 18.5. The number of fused-ring (bicyclic) bond motifs is 3. The summed E-state index contributed by atoms with van der Waals surface area (Å²) in [6.45, 7) is 24.5. The topological polar surface area (TPSA) is 261 Å². The van der Waals surface area contributed by atoms with Crippen molar-refractivity contribution < 1.29 is 28.7 Å². The first kappa shape index (κ1) is 67.1. The maximum absolute atomic E-state index is 13.8. The van der Waals surface area contributed by atoms with Crippen LogP contribution < -0.4 is 30.3 Å². The van der Waals surface area contributed by atoms with Gasteiger partial charge in [-0.3, -0.25) is 23.9 Å². The zero-order chi connectivity index (χ0) is 67.0. The van der Waals surface area contributed by atoms with Crippen LogP contribution in [0.4, 0.5) is 11.4 Å². The lowest BCUT2D eigenvalue weighted by molar-refractivity contribution is -0.142. The van der Waals surface area contributed by atoms with Gasteiger partial charge in [0.25, 0.3) is 0 Å². The molecule has 23 nitrogen and oxygen atoms in total. The molecule has 4 aromatic heterocycles. The van der Waals surface area contributed by atoms with Crippen LogP contribution in [0.1, 0.15) is 104 Å². The molecule has 5 aromatic carbocycles. The van der Waals surface area contributed by atoms with E-state index in [-0.39, 0.29) is 55.3 Å². The van der Waals surface area contributed by atoms with Crippen LogP contribution in [0.2, 0.25) is 0 Å². The number of likely N-dealkylation sites (N-methyl/N-ethyl adjacent to an activating group) is 2. The number of primary amides is 1. The lowest BCUT2D eigenvalue weighted by Gasteiger charge is -2.34. The third-order valence-electron chi connectivity index (χ3n) is 17.8. The third-order valence-corrected chi connectivity index (χ3v) is 17.8. The second-order valence-electron chi connectivity index (χ2n) is 27.5. The van der Waals surface area contributed by atoms with Crippen LogP contribution >= 0.6 is 0 Å². The van der Waals surface area contributed by atoms with E-state index in [0.717, 1.165) is 131 Å². The van der Waals surface area contributed by atoms with Gasteiger partial charge in [0, 0.05) is 124 Å². The number of nitrogens with zero attached hydrogens (tertiary/aromatic N) is 12. The summed E-state index contributed by atoms with van der Waals surface area (Å²) in [6.07, 6.45) is 4.30. The number of imidazole rings is 3. The van der Waals surface area contributed by atoms with Crippen LogP contribution in [0.5, 0.6) is 11.5 Å². The van der Waals surface area contributed by atoms with E-state index in [1.807, 2.05) is 43.3 Å². The fourth-order valence-corrected chi connectivity index (χ4v) is 12.4. The number of carbonyl (C=O) groups excluding carboxylic acids is 4. The lowest BCUT2D eigenvalue weighted by atomic mass is 9.78. The maximum atomic E-state index is 13.8. The molecule has 502 valence electrons. The Hall–Kier alpha value is -9.35. The maximum Gasteiger partial charge on any atom is 0.243 e. The number of nitrogens with one attached hydrogen (secondary N) is 4. The molecule has 11 rings (SSSR count). The molecule has 0 spiro atoms. The smallest absolute Gasteiger partial charge is 0.243 e. The zero-order valence-electron chi connectivity index (χ0n) is 56.7. The monoisotopic (exact) mass is 1290 g/mol. The van der Waals surface area contributed by atoms with E-state index in [4.69, 9.17) is 30.2 Å². The molecule has 0 saturated carbocycles. The Morgan fingerprint density at radius 1 is 0.600 bits per heavy atom. The number of aromatic amines is 3. The van der Waals surface area contributed by atoms with Gasteiger partial charge >= 0.3 is 0 Å². The molecule has 0 unspecified atom stereocenters. The summed E-state index contributed by atoms with van der Waals surface area (Å²) < 4.78 is 14.4. The Kier molecular flexibility index (Phi) is 20.8. The number of amides is 4. The van der Waals surface area contributed by atoms with Crippen molar-refractivity contribution in [3.8, 4) is 45.7 Å². The number of aryl methyl sites for hydroxylation is 1. The van der Waals surface area contributed by atoms with Crippen LogP contribution in [-0.4, -0.2) is 194 Å². The van der Waals surface area contributed by atoms with Crippen molar-refractivity contribution in [2.45, 2.75) is 111 Å². The standard InChI is InChI=1S/C72H93N17O6/c1-10-26-87(65(92)18-13-36-94-54-16-11-15-48(38-54)68-75-57-22-19-49(41-60(57)78-68)69-76-58-23-20-52(42-61(58)79-69)85-32-28-83(8)29-33-85)47-66(93)88(46-63(73)90)44-51-45-89(82-81-51)27-14-25-74-64(91)17-12-37-95-67-55(71(2,3)4)39-50(40-56(67)72(5,6)7)70-77-59-24-21-53(43-62(59)80-70)86-34-30-84(9)31-35-86/h11,15-16,19-24,38-43,45H,10,12-14,17-18,25-37,44,46-47H2,1-9H3,(H2,73,90)(H,74,91)(H,75,78)(H,76,79)(H,77,80). The highest BCUT2D eigenvalue weighted by Crippen LogP contribution is 2.43. The van der Waals surface area contributed by atoms with Gasteiger partial charge in [0.15, 0.2) is 0 Å². The second-order valence-corrected chi connectivity index (χ2v) is 27.5. The first-order valence-electron chi connectivity index (χ1n) is 33.5. The summed E-state index contributed by atoms with van der Waals surface area (Å²) in [7, 11) is 4.33. The second kappa shape index (κ2) is 29.5. The van der Waals surface area contributed by atoms with Gasteiger partial charge in [0.1, 0.15) is 34.7 Å². The van der Waals surface area contributed by atoms with Gasteiger partial charge in [-0.15, -0.1) is 5.10 Å². The average Bonchev–Trinajstić information content (AvgIpc) is 1.71. The molecule has 23 heteroatoms. The van der Waals surface area contributed by atoms with E-state index in [1.54, 1.807) is 10.9 Å². The minimum atomic E-state index is -0.695. The largest absolute Gasteiger partial charge is 0.494 e. The summed E-state index contributed by atoms with van der Waals surface area (Å²) in [6, 6.07) is 31.1. The molecule has 2 saturated heterocycles. The number of H-pyrrole nitrogens is 3. The molecule has 4 amide bonds. The number of hydrogen-bond donors (Lipinski definition) is 5. The summed E-state index contributed by atoms with van der Waals surface area (Å²) in [5, 5.41) is 11.5. The number of anilines is 2. The van der Waals surface area contributed by atoms with Gasteiger partial charge < -0.3 is 64.9 Å². The van der Waals surface area contributed by atoms with E-state index in [1.165, 1.54) is 21.2 Å². The van der Waals surface area contributed by atoms with Crippen LogP contribution in [0.15, 0.2) is 97.2 Å². The van der Waals surface area contributed by atoms with Gasteiger partial charge in [-0.1, -0.05) is 65.8 Å². The normalized spacial score (nSPS) is 14.3. The molecule has 0 radical (unpaired) electrons. The minimum absolute atomic E-state index is 0.0319. The van der Waals surface area contributed by atoms with Crippen molar-refractivity contribution in [3.63, 3.8) is 0 Å². The minimum Gasteiger partial charge on any atom is -0.494 e. The number of aromatic nitrogens is 9. The molecule has 6 N–H and O–H groups in total. The Morgan fingerprint density at radius 3 is 1.73 bits per heavy atom. The molecule has 2 fully saturated rings. The number of rotatable bonds is 27. The highest BCUT2D eigenvalue weighted by atomic mass is 16.5. The molecule has 95 heavy (non-hydrogen) atoms. The predicted octanol–water partition coefficient (Wildman–Crippen LogP) is 9.28. The van der Waals surface area contributed by atoms with Gasteiger partial charge in [0.2, 0.25) is 23.6 Å². The van der Waals surface area contributed by atoms with Crippen LogP contribution in [0.25, 0.3) is 67.3 Å². The number of carbonyl (C=O) groups is 4. The molecule has 6 heterocycles. The lowest BCUT2D eigenvalue weighted by Crippen LogP contribution is -2.45. The van der Waals surface area contributed by atoms with Crippen LogP contribution in [-0.2, 0) is 43.1 Å². The average molecular weight is 1290 g/mol. The predicted molar refractivity (Wildman–Crippen MR) is 374 cm³/mol. The van der Waals surface area contributed by atoms with Crippen molar-refractivity contribution in [1.29, 1.82) is 0 Å². The van der Waals surface area contributed by atoms with Crippen molar-refractivity contribution >= 4 is 68.1 Å². The Labute approximate surface area is 556 Å². The van der Waals surface area contributed by atoms with E-state index in [0.29, 0.717) is 75.6 Å². The Balaban J connectivity index is 0.614. The highest BCUT2D eigenvalue weighted by Gasteiger charge is 2.30. The summed E-state index contributed by atoms with van der Waals surface area (Å²) in [5.74, 6) is 2.37. The quantitative estimate of drug-likeness (QED) is 0.0301. The van der Waals surface area contributed by atoms with E-state index >= 15 is 0 Å². The molecule has 0 aliphatic carbocycles. The van der Waals surface area contributed by atoms with Crippen molar-refractivity contribution in [3.05, 3.63) is 114 Å². The van der Waals surface area contributed by atoms with E-state index in [9.17, 15) is 19.2 Å². The Morgan fingerprint density at radius 2 is 1.15 bits per heavy atom. The molecule has 9 aromatic rings. The SMILES string of the molecule is CCCN(CC(=O)N(CC(N)=O)Cc1cn(CCCNC(=O)CCCOc2c(C(C)(C)C)cc(-c3nc4ccc(N5CCN(C)CC5)cc4[nH]3)cc2C(C)(C)C)nn1)C(=O)CCCOc1cccc(-c2nc3ccc(-c4nc5ccc(N6CCN(C)CC6)cc5[nH]4)cc3[nH]2)c1. The first-order chi connectivity index (χ1) is 45.6. The van der Waals surface area contributed by atoms with E-state index < -0.39 is 11.8 Å². The van der Waals surface area contributed by atoms with Crippen molar-refractivity contribution in [1.82, 2.24) is 69.8 Å². The first-order valence-corrected chi connectivity index (χ1v) is 33.5. The molecule has 0 atom stereocenters. The van der Waals surface area contributed by atoms with Gasteiger partial charge in [-0.25, -0.2) is 15.0 Å². The number of hydrogen-bond acceptors (Lipinski definition) is 15. The number of ether oxygens (including phenoxy) is 2. The number of benzene rings is 5. The van der Waals surface area contributed by atoms with Gasteiger partial charge in [-0.2, -0.15) is 0 Å². The highest BCUT2D eigenvalue weighted by molar-refractivity contribution is 5.89. The van der Waals surface area contributed by atoms with Crippen LogP contribution in [0, 0.1) is 0 Å². The molecule has 0 bridgehead atoms. The van der Waals surface area contributed by atoms with E-state index in [2.05, 4.69) is 160 Å². The summed E-state index contributed by atoms with van der Waals surface area (Å²) >= 11 is 0. The molecule has 2 aliphatic heterocycles. The van der Waals surface area contributed by atoms with Crippen LogP contribution in [0.3, 0.4) is 0 Å². The fourth-order valence-electron chi connectivity index (χ4n) is 12.4. The number of piperazine rings is 2. The molecular weight excluding hydrogens is 1200 g/mol. The Bertz CT molecular complexity index is 4120. The third kappa shape index (κ3) is 17.0. The zero-order valence-corrected chi connectivity index (χ0v) is 56.7. The molecule has 2 aliphatic rings. The van der Waals surface area contributed by atoms with Gasteiger partial charge in [-0.05, 0) is 129 Å². The van der Waals surface area contributed by atoms with Gasteiger partial charge in [0.05, 0.1) is 72.1 Å². The summed E-state index contributed by atoms with van der Waals surface area (Å²) in [4.78, 5) is 90.8. The fraction of sp³-hybridized carbons (Fsp3) is 0.458. The van der Waals surface area contributed by atoms with Crippen molar-refractivity contribution in [2.24, 2.45) is 5.73 Å².